The minimum Gasteiger partial charge on any atom is -0.326 e. The van der Waals surface area contributed by atoms with Crippen LogP contribution in [0.5, 0.6) is 0 Å². The third-order valence-electron chi connectivity index (χ3n) is 3.01. The predicted molar refractivity (Wildman–Crippen MR) is 86.2 cm³/mol. The number of carbonyl (C=O) groups excluding carboxylic acids is 2. The van der Waals surface area contributed by atoms with Crippen LogP contribution >= 0.6 is 0 Å². The molecule has 7 nitrogen and oxygen atoms in total. The molecule has 0 atom stereocenters. The van der Waals surface area contributed by atoms with Crippen molar-refractivity contribution in [3.63, 3.8) is 0 Å². The van der Waals surface area contributed by atoms with Gasteiger partial charge in [-0.3, -0.25) is 19.7 Å². The average Bonchev–Trinajstić information content (AvgIpc) is 2.49. The van der Waals surface area contributed by atoms with E-state index in [-0.39, 0.29) is 29.6 Å². The van der Waals surface area contributed by atoms with Crippen molar-refractivity contribution in [3.8, 4) is 0 Å². The van der Waals surface area contributed by atoms with Crippen LogP contribution in [0.25, 0.3) is 0 Å². The van der Waals surface area contributed by atoms with Crippen molar-refractivity contribution in [1.82, 2.24) is 0 Å². The monoisotopic (exact) mass is 313 g/mol. The maximum absolute atomic E-state index is 12.0. The van der Waals surface area contributed by atoms with E-state index in [1.807, 2.05) is 0 Å². The second-order valence-electron chi connectivity index (χ2n) is 4.88. The normalized spacial score (nSPS) is 9.96. The van der Waals surface area contributed by atoms with Gasteiger partial charge in [0.1, 0.15) is 5.69 Å². The van der Waals surface area contributed by atoms with E-state index in [0.29, 0.717) is 5.69 Å². The Balaban J connectivity index is 2.02. The van der Waals surface area contributed by atoms with Gasteiger partial charge < -0.3 is 10.6 Å². The van der Waals surface area contributed by atoms with Gasteiger partial charge in [0.25, 0.3) is 5.69 Å². The van der Waals surface area contributed by atoms with Gasteiger partial charge in [0.2, 0.25) is 11.8 Å². The van der Waals surface area contributed by atoms with Gasteiger partial charge in [-0.25, -0.2) is 0 Å². The zero-order valence-corrected chi connectivity index (χ0v) is 12.4. The lowest BCUT2D eigenvalue weighted by molar-refractivity contribution is -0.383. The fraction of sp³-hybridized carbons (Fsp3) is 0.125. The SMILES string of the molecule is CC(=O)Nc1ccc(CC(=O)Nc2ccccc2[N+](=O)[O-])cc1. The van der Waals surface area contributed by atoms with Gasteiger partial charge in [-0.1, -0.05) is 24.3 Å². The Kier molecular flexibility index (Phi) is 5.03. The fourth-order valence-electron chi connectivity index (χ4n) is 2.03. The number of nitro benzene ring substituents is 1. The maximum atomic E-state index is 12.0. The van der Waals surface area contributed by atoms with E-state index in [1.165, 1.54) is 25.1 Å². The van der Waals surface area contributed by atoms with Gasteiger partial charge in [-0.05, 0) is 23.8 Å². The highest BCUT2D eigenvalue weighted by Crippen LogP contribution is 2.23. The Morgan fingerprint density at radius 1 is 1.04 bits per heavy atom. The van der Waals surface area contributed by atoms with E-state index in [4.69, 9.17) is 0 Å². The number of carbonyl (C=O) groups is 2. The summed E-state index contributed by atoms with van der Waals surface area (Å²) < 4.78 is 0. The lowest BCUT2D eigenvalue weighted by Gasteiger charge is -2.07. The molecule has 0 aliphatic carbocycles. The fourth-order valence-corrected chi connectivity index (χ4v) is 2.03. The summed E-state index contributed by atoms with van der Waals surface area (Å²) in [5.41, 5.74) is 1.38. The average molecular weight is 313 g/mol. The molecule has 2 amide bonds. The molecule has 0 bridgehead atoms. The maximum Gasteiger partial charge on any atom is 0.292 e. The van der Waals surface area contributed by atoms with Crippen LogP contribution in [0.2, 0.25) is 0 Å². The minimum absolute atomic E-state index is 0.0758. The molecule has 0 aromatic heterocycles. The molecule has 7 heteroatoms. The van der Waals surface area contributed by atoms with Crippen molar-refractivity contribution in [2.45, 2.75) is 13.3 Å². The summed E-state index contributed by atoms with van der Waals surface area (Å²) in [6, 6.07) is 12.8. The molecule has 23 heavy (non-hydrogen) atoms. The highest BCUT2D eigenvalue weighted by atomic mass is 16.6. The van der Waals surface area contributed by atoms with Crippen molar-refractivity contribution >= 4 is 28.9 Å². The van der Waals surface area contributed by atoms with Crippen LogP contribution in [0.4, 0.5) is 17.1 Å². The van der Waals surface area contributed by atoms with Crippen molar-refractivity contribution in [2.24, 2.45) is 0 Å². The largest absolute Gasteiger partial charge is 0.326 e. The number of benzene rings is 2. The molecular weight excluding hydrogens is 298 g/mol. The Labute approximate surface area is 132 Å². The summed E-state index contributed by atoms with van der Waals surface area (Å²) in [7, 11) is 0. The molecule has 2 N–H and O–H groups in total. The standard InChI is InChI=1S/C16H15N3O4/c1-11(20)17-13-8-6-12(7-9-13)10-16(21)18-14-4-2-3-5-15(14)19(22)23/h2-9H,10H2,1H3,(H,17,20)(H,18,21). The van der Waals surface area contributed by atoms with Crippen LogP contribution in [0.1, 0.15) is 12.5 Å². The van der Waals surface area contributed by atoms with Crippen molar-refractivity contribution in [1.29, 1.82) is 0 Å². The van der Waals surface area contributed by atoms with Crippen molar-refractivity contribution in [3.05, 3.63) is 64.2 Å². The van der Waals surface area contributed by atoms with Gasteiger partial charge in [0, 0.05) is 18.7 Å². The van der Waals surface area contributed by atoms with E-state index in [9.17, 15) is 19.7 Å². The smallest absolute Gasteiger partial charge is 0.292 e. The van der Waals surface area contributed by atoms with Gasteiger partial charge in [-0.15, -0.1) is 0 Å². The van der Waals surface area contributed by atoms with E-state index in [1.54, 1.807) is 30.3 Å². The summed E-state index contributed by atoms with van der Waals surface area (Å²) in [5, 5.41) is 16.1. The molecule has 0 radical (unpaired) electrons. The molecule has 0 aliphatic rings. The van der Waals surface area contributed by atoms with E-state index >= 15 is 0 Å². The van der Waals surface area contributed by atoms with Crippen molar-refractivity contribution in [2.75, 3.05) is 10.6 Å². The van der Waals surface area contributed by atoms with Crippen LogP contribution in [0, 0.1) is 10.1 Å². The number of amides is 2. The van der Waals surface area contributed by atoms with E-state index in [2.05, 4.69) is 10.6 Å². The zero-order chi connectivity index (χ0) is 16.8. The van der Waals surface area contributed by atoms with Crippen LogP contribution < -0.4 is 10.6 Å². The van der Waals surface area contributed by atoms with Gasteiger partial charge in [0.15, 0.2) is 0 Å². The molecule has 0 unspecified atom stereocenters. The number of nitrogens with one attached hydrogen (secondary N) is 2. The molecule has 2 rings (SSSR count). The minimum atomic E-state index is -0.544. The Bertz CT molecular complexity index is 741. The molecule has 2 aromatic carbocycles. The molecule has 0 saturated carbocycles. The Morgan fingerprint density at radius 3 is 2.30 bits per heavy atom. The van der Waals surface area contributed by atoms with Crippen LogP contribution in [0.3, 0.4) is 0 Å². The molecule has 0 fully saturated rings. The number of nitro groups is 1. The zero-order valence-electron chi connectivity index (χ0n) is 12.4. The van der Waals surface area contributed by atoms with E-state index < -0.39 is 4.92 Å². The van der Waals surface area contributed by atoms with Crippen LogP contribution in [0.15, 0.2) is 48.5 Å². The molecule has 0 heterocycles. The molecule has 0 spiro atoms. The number of nitrogens with zero attached hydrogens (tertiary/aromatic N) is 1. The predicted octanol–water partition coefficient (Wildman–Crippen LogP) is 2.73. The third kappa shape index (κ3) is 4.63. The van der Waals surface area contributed by atoms with Gasteiger partial charge in [0.05, 0.1) is 11.3 Å². The first-order valence-electron chi connectivity index (χ1n) is 6.85. The lowest BCUT2D eigenvalue weighted by Crippen LogP contribution is -2.15. The van der Waals surface area contributed by atoms with Crippen molar-refractivity contribution < 1.29 is 14.5 Å². The highest BCUT2D eigenvalue weighted by Gasteiger charge is 2.14. The summed E-state index contributed by atoms with van der Waals surface area (Å²) in [6.45, 7) is 1.41. The second-order valence-corrected chi connectivity index (χ2v) is 4.88. The van der Waals surface area contributed by atoms with Crippen LogP contribution in [-0.4, -0.2) is 16.7 Å². The summed E-state index contributed by atoms with van der Waals surface area (Å²) in [5.74, 6) is -0.529. The Hall–Kier alpha value is -3.22. The summed E-state index contributed by atoms with van der Waals surface area (Å²) >= 11 is 0. The summed E-state index contributed by atoms with van der Waals surface area (Å²) in [4.78, 5) is 33.3. The molecule has 0 aliphatic heterocycles. The number of hydrogen-bond donors (Lipinski definition) is 2. The molecule has 0 saturated heterocycles. The molecule has 118 valence electrons. The van der Waals surface area contributed by atoms with Gasteiger partial charge >= 0.3 is 0 Å². The topological polar surface area (TPSA) is 101 Å². The first kappa shape index (κ1) is 16.2. The lowest BCUT2D eigenvalue weighted by atomic mass is 10.1. The number of para-hydroxylation sites is 2. The van der Waals surface area contributed by atoms with Crippen LogP contribution in [-0.2, 0) is 16.0 Å². The highest BCUT2D eigenvalue weighted by molar-refractivity contribution is 5.94. The third-order valence-corrected chi connectivity index (χ3v) is 3.01. The first-order chi connectivity index (χ1) is 11.0. The number of hydrogen-bond acceptors (Lipinski definition) is 4. The Morgan fingerprint density at radius 2 is 1.70 bits per heavy atom. The second kappa shape index (κ2) is 7.17. The quantitative estimate of drug-likeness (QED) is 0.654. The van der Waals surface area contributed by atoms with Gasteiger partial charge in [-0.2, -0.15) is 0 Å². The van der Waals surface area contributed by atoms with E-state index in [0.717, 1.165) is 5.56 Å². The number of anilines is 2. The summed E-state index contributed by atoms with van der Waals surface area (Å²) in [6.07, 6.45) is 0.0758. The molecular formula is C16H15N3O4. The first-order valence-corrected chi connectivity index (χ1v) is 6.85. The number of rotatable bonds is 5. The molecule has 2 aromatic rings.